The lowest BCUT2D eigenvalue weighted by atomic mass is 9.94. The van der Waals surface area contributed by atoms with Crippen molar-refractivity contribution in [2.75, 3.05) is 18.6 Å². The quantitative estimate of drug-likeness (QED) is 0.499. The van der Waals surface area contributed by atoms with Crippen molar-refractivity contribution in [3.63, 3.8) is 0 Å². The van der Waals surface area contributed by atoms with Crippen molar-refractivity contribution in [2.24, 2.45) is 0 Å². The van der Waals surface area contributed by atoms with Gasteiger partial charge in [-0.05, 0) is 60.7 Å². The monoisotopic (exact) mass is 449 g/mol. The van der Waals surface area contributed by atoms with Gasteiger partial charge in [0.1, 0.15) is 0 Å². The van der Waals surface area contributed by atoms with Gasteiger partial charge in [-0.15, -0.1) is 11.3 Å². The maximum absolute atomic E-state index is 13.4. The summed E-state index contributed by atoms with van der Waals surface area (Å²) < 4.78 is 11.1. The third-order valence-corrected chi connectivity index (χ3v) is 6.15. The summed E-state index contributed by atoms with van der Waals surface area (Å²) in [6, 6.07) is 15.3. The van der Waals surface area contributed by atoms with Gasteiger partial charge in [0.25, 0.3) is 5.91 Å². The number of anilines is 1. The number of aryl methyl sites for hydroxylation is 1. The largest absolute Gasteiger partial charge is 0.503 e. The van der Waals surface area contributed by atoms with Crippen LogP contribution in [0.15, 0.2) is 71.3 Å². The Hall–Kier alpha value is -3.58. The van der Waals surface area contributed by atoms with Crippen LogP contribution in [0.4, 0.5) is 5.69 Å². The van der Waals surface area contributed by atoms with Gasteiger partial charge < -0.3 is 14.6 Å². The van der Waals surface area contributed by atoms with E-state index in [0.717, 1.165) is 5.56 Å². The Bertz CT molecular complexity index is 1200. The summed E-state index contributed by atoms with van der Waals surface area (Å²) in [5.74, 6) is -0.488. The van der Waals surface area contributed by atoms with Gasteiger partial charge in [0.2, 0.25) is 5.78 Å². The minimum atomic E-state index is -0.816. The van der Waals surface area contributed by atoms with Crippen molar-refractivity contribution < 1.29 is 24.2 Å². The molecule has 1 aromatic heterocycles. The highest BCUT2D eigenvalue weighted by Gasteiger charge is 2.45. The average Bonchev–Trinajstić information content (AvgIpc) is 3.41. The molecule has 0 saturated heterocycles. The third-order valence-electron chi connectivity index (χ3n) is 5.28. The number of hydrogen-bond donors (Lipinski definition) is 1. The first-order chi connectivity index (χ1) is 15.5. The standard InChI is InChI=1S/C25H23NO5S/c1-4-31-19-14-16(10-11-18(19)30-3)22-21(23(27)20-9-6-12-32-20)24(28)25(29)26(22)17-8-5-7-15(2)13-17/h5-14,22,28H,4H2,1-3H3. The summed E-state index contributed by atoms with van der Waals surface area (Å²) in [6.45, 7) is 4.21. The fourth-order valence-corrected chi connectivity index (χ4v) is 4.55. The van der Waals surface area contributed by atoms with Crippen LogP contribution in [0.2, 0.25) is 0 Å². The van der Waals surface area contributed by atoms with Gasteiger partial charge in [-0.25, -0.2) is 0 Å². The molecule has 1 atom stereocenters. The highest BCUT2D eigenvalue weighted by atomic mass is 32.1. The van der Waals surface area contributed by atoms with Gasteiger partial charge in [0, 0.05) is 5.69 Å². The summed E-state index contributed by atoms with van der Waals surface area (Å²) in [6.07, 6.45) is 0. The molecule has 32 heavy (non-hydrogen) atoms. The summed E-state index contributed by atoms with van der Waals surface area (Å²) in [7, 11) is 1.55. The lowest BCUT2D eigenvalue weighted by Gasteiger charge is -2.27. The second-order valence-electron chi connectivity index (χ2n) is 7.33. The normalized spacial score (nSPS) is 15.9. The Kier molecular flexibility index (Phi) is 6.01. The number of aliphatic hydroxyl groups excluding tert-OH is 1. The zero-order chi connectivity index (χ0) is 22.8. The molecule has 0 fully saturated rings. The van der Waals surface area contributed by atoms with Crippen LogP contribution < -0.4 is 14.4 Å². The van der Waals surface area contributed by atoms with E-state index in [2.05, 4.69) is 0 Å². The Morgan fingerprint density at radius 2 is 1.94 bits per heavy atom. The van der Waals surface area contributed by atoms with Crippen LogP contribution in [0.25, 0.3) is 0 Å². The van der Waals surface area contributed by atoms with Gasteiger partial charge in [0.05, 0.1) is 30.2 Å². The van der Waals surface area contributed by atoms with Crippen molar-refractivity contribution in [3.05, 3.63) is 87.3 Å². The molecule has 0 radical (unpaired) electrons. The highest BCUT2D eigenvalue weighted by molar-refractivity contribution is 7.12. The van der Waals surface area contributed by atoms with Crippen molar-refractivity contribution >= 4 is 28.7 Å². The molecule has 1 aliphatic rings. The molecule has 0 aliphatic carbocycles. The molecule has 3 aromatic rings. The number of rotatable bonds is 7. The van der Waals surface area contributed by atoms with E-state index in [-0.39, 0.29) is 11.4 Å². The Morgan fingerprint density at radius 1 is 1.12 bits per heavy atom. The molecule has 7 heteroatoms. The molecule has 0 bridgehead atoms. The van der Waals surface area contributed by atoms with E-state index in [1.807, 2.05) is 32.0 Å². The SMILES string of the molecule is CCOc1cc(C2C(C(=O)c3cccs3)=C(O)C(=O)N2c2cccc(C)c2)ccc1OC. The van der Waals surface area contributed by atoms with Gasteiger partial charge in [0.15, 0.2) is 17.3 Å². The van der Waals surface area contributed by atoms with E-state index < -0.39 is 17.7 Å². The Morgan fingerprint density at radius 3 is 2.59 bits per heavy atom. The summed E-state index contributed by atoms with van der Waals surface area (Å²) in [4.78, 5) is 28.5. The number of hydrogen-bond acceptors (Lipinski definition) is 6. The van der Waals surface area contributed by atoms with Crippen molar-refractivity contribution in [1.82, 2.24) is 0 Å². The van der Waals surface area contributed by atoms with Gasteiger partial charge in [-0.3, -0.25) is 14.5 Å². The van der Waals surface area contributed by atoms with E-state index in [4.69, 9.17) is 9.47 Å². The summed E-state index contributed by atoms with van der Waals surface area (Å²) in [5, 5.41) is 12.6. The first-order valence-corrected chi connectivity index (χ1v) is 11.1. The molecule has 0 saturated carbocycles. The predicted octanol–water partition coefficient (Wildman–Crippen LogP) is 5.25. The molecule has 0 spiro atoms. The highest BCUT2D eigenvalue weighted by Crippen LogP contribution is 2.44. The fraction of sp³-hybridized carbons (Fsp3) is 0.200. The maximum atomic E-state index is 13.4. The first-order valence-electron chi connectivity index (χ1n) is 10.2. The number of methoxy groups -OCH3 is 1. The third kappa shape index (κ3) is 3.76. The number of ketones is 1. The minimum Gasteiger partial charge on any atom is -0.503 e. The lowest BCUT2D eigenvalue weighted by molar-refractivity contribution is -0.117. The smallest absolute Gasteiger partial charge is 0.294 e. The molecule has 2 aromatic carbocycles. The summed E-state index contributed by atoms with van der Waals surface area (Å²) >= 11 is 1.27. The molecular weight excluding hydrogens is 426 g/mol. The Balaban J connectivity index is 1.90. The molecule has 1 unspecified atom stereocenters. The van der Waals surface area contributed by atoms with Crippen LogP contribution in [0.5, 0.6) is 11.5 Å². The van der Waals surface area contributed by atoms with Crippen LogP contribution in [-0.2, 0) is 4.79 Å². The minimum absolute atomic E-state index is 0.0478. The number of carbonyl (C=O) groups excluding carboxylic acids is 2. The number of benzene rings is 2. The van der Waals surface area contributed by atoms with Gasteiger partial charge in [-0.1, -0.05) is 24.3 Å². The molecule has 1 N–H and O–H groups in total. The van der Waals surface area contributed by atoms with Crippen LogP contribution >= 0.6 is 11.3 Å². The van der Waals surface area contributed by atoms with Crippen molar-refractivity contribution in [1.29, 1.82) is 0 Å². The van der Waals surface area contributed by atoms with E-state index in [9.17, 15) is 14.7 Å². The van der Waals surface area contributed by atoms with Crippen LogP contribution in [-0.4, -0.2) is 30.5 Å². The number of ether oxygens (including phenoxy) is 2. The molecule has 164 valence electrons. The van der Waals surface area contributed by atoms with Crippen molar-refractivity contribution in [2.45, 2.75) is 19.9 Å². The van der Waals surface area contributed by atoms with E-state index >= 15 is 0 Å². The second kappa shape index (κ2) is 8.88. The number of nitrogens with zero attached hydrogens (tertiary/aromatic N) is 1. The lowest BCUT2D eigenvalue weighted by Crippen LogP contribution is -2.31. The van der Waals surface area contributed by atoms with Gasteiger partial charge >= 0.3 is 0 Å². The number of thiophene rings is 1. The topological polar surface area (TPSA) is 76.1 Å². The van der Waals surface area contributed by atoms with Crippen molar-refractivity contribution in [3.8, 4) is 11.5 Å². The van der Waals surface area contributed by atoms with Crippen LogP contribution in [0.1, 0.15) is 33.8 Å². The number of Topliss-reactive ketones (excluding diaryl/α,β-unsaturated/α-hetero) is 1. The molecule has 2 heterocycles. The number of aliphatic hydroxyl groups is 1. The Labute approximate surface area is 190 Å². The second-order valence-corrected chi connectivity index (χ2v) is 8.28. The van der Waals surface area contributed by atoms with E-state index in [1.54, 1.807) is 48.9 Å². The average molecular weight is 450 g/mol. The zero-order valence-electron chi connectivity index (χ0n) is 18.0. The molecule has 6 nitrogen and oxygen atoms in total. The maximum Gasteiger partial charge on any atom is 0.294 e. The fourth-order valence-electron chi connectivity index (χ4n) is 3.87. The van der Waals surface area contributed by atoms with Crippen LogP contribution in [0.3, 0.4) is 0 Å². The summed E-state index contributed by atoms with van der Waals surface area (Å²) in [5.41, 5.74) is 2.23. The molecule has 1 aliphatic heterocycles. The zero-order valence-corrected chi connectivity index (χ0v) is 18.8. The van der Waals surface area contributed by atoms with E-state index in [1.165, 1.54) is 16.2 Å². The molecular formula is C25H23NO5S. The number of carbonyl (C=O) groups is 2. The van der Waals surface area contributed by atoms with E-state index in [0.29, 0.717) is 34.2 Å². The molecule has 4 rings (SSSR count). The molecule has 1 amide bonds. The predicted molar refractivity (Wildman–Crippen MR) is 124 cm³/mol. The first kappa shape index (κ1) is 21.6. The van der Waals surface area contributed by atoms with Crippen LogP contribution in [0, 0.1) is 6.92 Å². The van der Waals surface area contributed by atoms with Gasteiger partial charge in [-0.2, -0.15) is 0 Å². The number of amides is 1.